The lowest BCUT2D eigenvalue weighted by molar-refractivity contribution is -0.131. The van der Waals surface area contributed by atoms with Gasteiger partial charge in [0.05, 0.1) is 0 Å². The average molecular weight is 183 g/mol. The molecule has 3 nitrogen and oxygen atoms in total. The molecule has 0 unspecified atom stereocenters. The van der Waals surface area contributed by atoms with E-state index in [1.165, 1.54) is 18.9 Å². The van der Waals surface area contributed by atoms with Crippen LogP contribution in [0.15, 0.2) is 12.2 Å². The molecule has 1 N–H and O–H groups in total. The molecule has 3 heteroatoms. The molecule has 1 rings (SSSR count). The molecule has 0 aromatic heterocycles. The molecular formula is C10H17NO2. The molecule has 0 atom stereocenters. The van der Waals surface area contributed by atoms with Crippen molar-refractivity contribution < 1.29 is 9.90 Å². The van der Waals surface area contributed by atoms with Crippen molar-refractivity contribution in [2.45, 2.75) is 32.2 Å². The summed E-state index contributed by atoms with van der Waals surface area (Å²) in [7, 11) is 0. The molecule has 0 spiro atoms. The summed E-state index contributed by atoms with van der Waals surface area (Å²) in [5, 5.41) is 8.41. The quantitative estimate of drug-likeness (QED) is 0.634. The molecule has 1 aliphatic carbocycles. The van der Waals surface area contributed by atoms with Gasteiger partial charge < -0.3 is 5.11 Å². The van der Waals surface area contributed by atoms with Gasteiger partial charge in [-0.05, 0) is 25.8 Å². The van der Waals surface area contributed by atoms with Crippen LogP contribution in [0.25, 0.3) is 0 Å². The van der Waals surface area contributed by atoms with Crippen molar-refractivity contribution in [2.24, 2.45) is 0 Å². The first kappa shape index (κ1) is 10.3. The summed E-state index contributed by atoms with van der Waals surface area (Å²) in [4.78, 5) is 12.6. The number of carboxylic acids is 1. The van der Waals surface area contributed by atoms with Crippen LogP contribution < -0.4 is 0 Å². The van der Waals surface area contributed by atoms with E-state index in [0.29, 0.717) is 0 Å². The van der Waals surface area contributed by atoms with Crippen molar-refractivity contribution in [3.63, 3.8) is 0 Å². The molecule has 13 heavy (non-hydrogen) atoms. The number of rotatable bonds is 6. The second-order valence-electron chi connectivity index (χ2n) is 3.47. The van der Waals surface area contributed by atoms with Gasteiger partial charge in [-0.2, -0.15) is 0 Å². The second kappa shape index (κ2) is 5.02. The van der Waals surface area contributed by atoms with E-state index in [2.05, 4.69) is 11.8 Å². The molecule has 0 amide bonds. The number of hydrogen-bond donors (Lipinski definition) is 1. The van der Waals surface area contributed by atoms with E-state index < -0.39 is 5.97 Å². The predicted molar refractivity (Wildman–Crippen MR) is 51.7 cm³/mol. The third-order valence-corrected chi connectivity index (χ3v) is 2.17. The highest BCUT2D eigenvalue weighted by atomic mass is 16.4. The van der Waals surface area contributed by atoms with Crippen LogP contribution >= 0.6 is 0 Å². The number of carbonyl (C=O) groups is 1. The second-order valence-corrected chi connectivity index (χ2v) is 3.47. The summed E-state index contributed by atoms with van der Waals surface area (Å²) < 4.78 is 0. The monoisotopic (exact) mass is 183 g/mol. The Morgan fingerprint density at radius 1 is 1.62 bits per heavy atom. The van der Waals surface area contributed by atoms with Gasteiger partial charge in [-0.3, -0.25) is 4.90 Å². The van der Waals surface area contributed by atoms with Gasteiger partial charge in [0.1, 0.15) is 0 Å². The van der Waals surface area contributed by atoms with Crippen LogP contribution in [0, 0.1) is 0 Å². The van der Waals surface area contributed by atoms with Crippen molar-refractivity contribution >= 4 is 5.97 Å². The van der Waals surface area contributed by atoms with E-state index in [9.17, 15) is 4.79 Å². The Bertz CT molecular complexity index is 197. The molecule has 0 heterocycles. The van der Waals surface area contributed by atoms with Crippen LogP contribution in [0.4, 0.5) is 0 Å². The fourth-order valence-corrected chi connectivity index (χ4v) is 1.44. The lowest BCUT2D eigenvalue weighted by Gasteiger charge is -2.18. The highest BCUT2D eigenvalue weighted by Crippen LogP contribution is 2.26. The summed E-state index contributed by atoms with van der Waals surface area (Å²) in [5.41, 5.74) is 0. The zero-order valence-corrected chi connectivity index (χ0v) is 8.07. The fourth-order valence-electron chi connectivity index (χ4n) is 1.44. The molecule has 1 fully saturated rings. The van der Waals surface area contributed by atoms with Gasteiger partial charge in [-0.1, -0.05) is 13.0 Å². The van der Waals surface area contributed by atoms with E-state index in [4.69, 9.17) is 5.11 Å². The average Bonchev–Trinajstić information content (AvgIpc) is 2.84. The molecule has 0 bridgehead atoms. The lowest BCUT2D eigenvalue weighted by Crippen LogP contribution is -2.27. The first-order valence-corrected chi connectivity index (χ1v) is 4.87. The minimum atomic E-state index is -0.854. The van der Waals surface area contributed by atoms with Gasteiger partial charge in [-0.15, -0.1) is 0 Å². The zero-order chi connectivity index (χ0) is 9.68. The number of hydrogen-bond acceptors (Lipinski definition) is 2. The highest BCUT2D eigenvalue weighted by Gasteiger charge is 2.27. The molecule has 1 saturated carbocycles. The van der Waals surface area contributed by atoms with Crippen LogP contribution in [0.3, 0.4) is 0 Å². The Morgan fingerprint density at radius 2 is 2.31 bits per heavy atom. The molecule has 1 aliphatic rings. The Balaban J connectivity index is 2.25. The maximum atomic E-state index is 10.2. The van der Waals surface area contributed by atoms with Gasteiger partial charge in [-0.25, -0.2) is 4.79 Å². The smallest absolute Gasteiger partial charge is 0.328 e. The SMILES string of the molecule is CCCN(CC=CC(=O)O)C1CC1. The summed E-state index contributed by atoms with van der Waals surface area (Å²) in [6.07, 6.45) is 6.65. The third kappa shape index (κ3) is 4.08. The standard InChI is InChI=1S/C10H17NO2/c1-2-7-11(9-5-6-9)8-3-4-10(12)13/h3-4,9H,2,5-8H2,1H3,(H,12,13). The number of carboxylic acid groups (broad SMARTS) is 1. The largest absolute Gasteiger partial charge is 0.478 e. The minimum absolute atomic E-state index is 0.721. The van der Waals surface area contributed by atoms with E-state index in [1.54, 1.807) is 6.08 Å². The Morgan fingerprint density at radius 3 is 2.77 bits per heavy atom. The van der Waals surface area contributed by atoms with E-state index >= 15 is 0 Å². The first-order chi connectivity index (χ1) is 6.24. The van der Waals surface area contributed by atoms with Gasteiger partial charge in [0.25, 0.3) is 0 Å². The molecule has 0 aromatic carbocycles. The minimum Gasteiger partial charge on any atom is -0.478 e. The van der Waals surface area contributed by atoms with Crippen molar-refractivity contribution in [2.75, 3.05) is 13.1 Å². The summed E-state index contributed by atoms with van der Waals surface area (Å²) in [6.45, 7) is 4.01. The van der Waals surface area contributed by atoms with Crippen LogP contribution in [0.5, 0.6) is 0 Å². The van der Waals surface area contributed by atoms with E-state index in [0.717, 1.165) is 25.6 Å². The molecular weight excluding hydrogens is 166 g/mol. The Hall–Kier alpha value is -0.830. The maximum absolute atomic E-state index is 10.2. The lowest BCUT2D eigenvalue weighted by atomic mass is 10.3. The van der Waals surface area contributed by atoms with Gasteiger partial charge in [0.15, 0.2) is 0 Å². The number of aliphatic carboxylic acids is 1. The summed E-state index contributed by atoms with van der Waals surface area (Å²) >= 11 is 0. The Kier molecular flexibility index (Phi) is 3.96. The zero-order valence-electron chi connectivity index (χ0n) is 8.07. The van der Waals surface area contributed by atoms with Crippen LogP contribution in [-0.2, 0) is 4.79 Å². The van der Waals surface area contributed by atoms with Crippen LogP contribution in [0.1, 0.15) is 26.2 Å². The van der Waals surface area contributed by atoms with Gasteiger partial charge in [0.2, 0.25) is 0 Å². The normalized spacial score (nSPS) is 17.1. The first-order valence-electron chi connectivity index (χ1n) is 4.87. The predicted octanol–water partition coefficient (Wildman–Crippen LogP) is 1.50. The number of nitrogens with zero attached hydrogens (tertiary/aromatic N) is 1. The van der Waals surface area contributed by atoms with Crippen molar-refractivity contribution in [1.29, 1.82) is 0 Å². The molecule has 0 aromatic rings. The summed E-state index contributed by atoms with van der Waals surface area (Å²) in [5.74, 6) is -0.854. The van der Waals surface area contributed by atoms with Crippen LogP contribution in [-0.4, -0.2) is 35.1 Å². The van der Waals surface area contributed by atoms with Crippen LogP contribution in [0.2, 0.25) is 0 Å². The van der Waals surface area contributed by atoms with E-state index in [-0.39, 0.29) is 0 Å². The molecule has 0 aliphatic heterocycles. The molecule has 0 saturated heterocycles. The van der Waals surface area contributed by atoms with Gasteiger partial charge >= 0.3 is 5.97 Å². The highest BCUT2D eigenvalue weighted by molar-refractivity contribution is 5.79. The molecule has 0 radical (unpaired) electrons. The van der Waals surface area contributed by atoms with Gasteiger partial charge in [0, 0.05) is 18.7 Å². The van der Waals surface area contributed by atoms with Crippen molar-refractivity contribution in [1.82, 2.24) is 4.90 Å². The van der Waals surface area contributed by atoms with E-state index in [1.807, 2.05) is 0 Å². The summed E-state index contributed by atoms with van der Waals surface area (Å²) in [6, 6.07) is 0.721. The topological polar surface area (TPSA) is 40.5 Å². The van der Waals surface area contributed by atoms with Crippen molar-refractivity contribution in [3.8, 4) is 0 Å². The van der Waals surface area contributed by atoms with Crippen molar-refractivity contribution in [3.05, 3.63) is 12.2 Å². The maximum Gasteiger partial charge on any atom is 0.328 e. The molecule has 74 valence electrons. The fraction of sp³-hybridized carbons (Fsp3) is 0.700. The Labute approximate surface area is 79.0 Å². The third-order valence-electron chi connectivity index (χ3n) is 2.17.